The summed E-state index contributed by atoms with van der Waals surface area (Å²) in [5.74, 6) is 0.461. The second kappa shape index (κ2) is 6.46. The minimum atomic E-state index is -4.47. The highest BCUT2D eigenvalue weighted by molar-refractivity contribution is 5.83. The summed E-state index contributed by atoms with van der Waals surface area (Å²) in [5, 5.41) is 7.31. The van der Waals surface area contributed by atoms with Crippen LogP contribution in [0.2, 0.25) is 0 Å². The van der Waals surface area contributed by atoms with Crippen molar-refractivity contribution in [1.82, 2.24) is 14.5 Å². The minimum Gasteiger partial charge on any atom is -0.383 e. The van der Waals surface area contributed by atoms with E-state index >= 15 is 0 Å². The lowest BCUT2D eigenvalue weighted by molar-refractivity contribution is -0.141. The van der Waals surface area contributed by atoms with Gasteiger partial charge in [0.25, 0.3) is 5.56 Å². The molecular weight excluding hydrogens is 387 g/mol. The number of nitrogens with one attached hydrogen (secondary N) is 1. The molecule has 0 aromatic carbocycles. The van der Waals surface area contributed by atoms with Gasteiger partial charge in [0.15, 0.2) is 0 Å². The summed E-state index contributed by atoms with van der Waals surface area (Å²) in [7, 11) is 1.59. The number of nitrogens with zero attached hydrogens (tertiary/aromatic N) is 5. The van der Waals surface area contributed by atoms with E-state index in [1.807, 2.05) is 9.80 Å². The molecule has 2 aliphatic heterocycles. The van der Waals surface area contributed by atoms with Crippen LogP contribution in [0.25, 0.3) is 0 Å². The van der Waals surface area contributed by atoms with Crippen molar-refractivity contribution in [3.05, 3.63) is 39.9 Å². The quantitative estimate of drug-likeness (QED) is 0.748. The lowest BCUT2D eigenvalue weighted by Crippen LogP contribution is -2.58. The highest BCUT2D eigenvalue weighted by Crippen LogP contribution is 2.43. The maximum Gasteiger partial charge on any atom is 0.433 e. The highest BCUT2D eigenvalue weighted by atomic mass is 19.4. The summed E-state index contributed by atoms with van der Waals surface area (Å²) < 4.78 is 40.1. The number of hydrogen-bond acceptors (Lipinski definition) is 7. The van der Waals surface area contributed by atoms with Gasteiger partial charge in [-0.3, -0.25) is 14.3 Å². The van der Waals surface area contributed by atoms with Crippen molar-refractivity contribution in [2.75, 3.05) is 41.7 Å². The standard InChI is InChI=1S/C18H20F3N7O/c1-26-15(29)12(7-22)14(23)25-16(26)27-5-3-17(8-27)9-28(10-17)11-2-4-24-13(6-11)18(19,20)21/h2,4,6-7,22H,3,5,8-10,23H2,1H3. The number of pyridine rings is 1. The van der Waals surface area contributed by atoms with Gasteiger partial charge < -0.3 is 20.9 Å². The molecule has 3 N–H and O–H groups in total. The van der Waals surface area contributed by atoms with Crippen molar-refractivity contribution in [3.63, 3.8) is 0 Å². The summed E-state index contributed by atoms with van der Waals surface area (Å²) in [5.41, 5.74) is 5.02. The van der Waals surface area contributed by atoms with E-state index in [1.165, 1.54) is 10.8 Å². The molecular formula is C18H20F3N7O. The molecule has 29 heavy (non-hydrogen) atoms. The Balaban J connectivity index is 1.50. The van der Waals surface area contributed by atoms with E-state index in [2.05, 4.69) is 9.97 Å². The first-order valence-corrected chi connectivity index (χ1v) is 9.04. The first-order valence-electron chi connectivity index (χ1n) is 9.04. The summed E-state index contributed by atoms with van der Waals surface area (Å²) in [6, 6.07) is 2.65. The van der Waals surface area contributed by atoms with Crippen molar-refractivity contribution in [1.29, 1.82) is 5.41 Å². The van der Waals surface area contributed by atoms with Crippen LogP contribution in [-0.4, -0.2) is 46.9 Å². The molecule has 0 aliphatic carbocycles. The summed E-state index contributed by atoms with van der Waals surface area (Å²) in [6.45, 7) is 2.53. The first-order chi connectivity index (χ1) is 13.6. The van der Waals surface area contributed by atoms with Crippen LogP contribution in [-0.2, 0) is 13.2 Å². The maximum atomic E-state index is 12.9. The Kier molecular flexibility index (Phi) is 4.28. The molecule has 2 saturated heterocycles. The van der Waals surface area contributed by atoms with Crippen LogP contribution < -0.4 is 21.1 Å². The Morgan fingerprint density at radius 2 is 1.97 bits per heavy atom. The van der Waals surface area contributed by atoms with Crippen LogP contribution in [0.5, 0.6) is 0 Å². The van der Waals surface area contributed by atoms with Gasteiger partial charge >= 0.3 is 6.18 Å². The molecule has 8 nitrogen and oxygen atoms in total. The largest absolute Gasteiger partial charge is 0.433 e. The average molecular weight is 407 g/mol. The SMILES string of the molecule is Cn1c(N2CCC3(CN(c4ccnc(C(F)(F)F)c4)C3)C2)nc(N)c(C=N)c1=O. The number of nitrogen functional groups attached to an aromatic ring is 1. The predicted octanol–water partition coefficient (Wildman–Crippen LogP) is 1.49. The zero-order chi connectivity index (χ0) is 21.0. The second-order valence-electron chi connectivity index (χ2n) is 7.64. The monoisotopic (exact) mass is 407 g/mol. The molecule has 0 unspecified atom stereocenters. The Labute approximate surface area is 164 Å². The third-order valence-electron chi connectivity index (χ3n) is 5.65. The van der Waals surface area contributed by atoms with Crippen molar-refractivity contribution >= 4 is 23.7 Å². The molecule has 4 rings (SSSR count). The van der Waals surface area contributed by atoms with Gasteiger partial charge in [-0.25, -0.2) is 0 Å². The van der Waals surface area contributed by atoms with Gasteiger partial charge in [0, 0.05) is 56.7 Å². The van der Waals surface area contributed by atoms with Crippen molar-refractivity contribution in [2.24, 2.45) is 12.5 Å². The number of hydrogen-bond donors (Lipinski definition) is 2. The Hall–Kier alpha value is -3.11. The Bertz CT molecular complexity index is 1030. The normalized spacial score (nSPS) is 18.2. The van der Waals surface area contributed by atoms with Crippen LogP contribution in [0, 0.1) is 10.8 Å². The fraction of sp³-hybridized carbons (Fsp3) is 0.444. The van der Waals surface area contributed by atoms with Gasteiger partial charge in [-0.15, -0.1) is 0 Å². The van der Waals surface area contributed by atoms with E-state index in [1.54, 1.807) is 13.1 Å². The summed E-state index contributed by atoms with van der Waals surface area (Å²) >= 11 is 0. The number of nitrogens with two attached hydrogens (primary N) is 1. The lowest BCUT2D eigenvalue weighted by Gasteiger charge is -2.49. The zero-order valence-corrected chi connectivity index (χ0v) is 15.7. The molecule has 0 atom stereocenters. The van der Waals surface area contributed by atoms with Gasteiger partial charge in [-0.1, -0.05) is 0 Å². The summed E-state index contributed by atoms with van der Waals surface area (Å²) in [4.78, 5) is 23.9. The molecule has 4 heterocycles. The number of anilines is 3. The van der Waals surface area contributed by atoms with E-state index in [9.17, 15) is 18.0 Å². The van der Waals surface area contributed by atoms with Crippen LogP contribution >= 0.6 is 0 Å². The Morgan fingerprint density at radius 3 is 2.62 bits per heavy atom. The topological polar surface area (TPSA) is 104 Å². The Morgan fingerprint density at radius 1 is 1.28 bits per heavy atom. The van der Waals surface area contributed by atoms with Crippen molar-refractivity contribution in [3.8, 4) is 0 Å². The van der Waals surface area contributed by atoms with Gasteiger partial charge in [0.2, 0.25) is 5.95 Å². The van der Waals surface area contributed by atoms with E-state index in [4.69, 9.17) is 11.1 Å². The number of alkyl halides is 3. The van der Waals surface area contributed by atoms with Crippen molar-refractivity contribution < 1.29 is 13.2 Å². The molecule has 0 radical (unpaired) electrons. The molecule has 1 spiro atoms. The van der Waals surface area contributed by atoms with Crippen LogP contribution in [0.1, 0.15) is 17.7 Å². The van der Waals surface area contributed by atoms with Gasteiger partial charge in [0.05, 0.1) is 5.56 Å². The predicted molar refractivity (Wildman–Crippen MR) is 102 cm³/mol. The van der Waals surface area contributed by atoms with Crippen LogP contribution in [0.4, 0.5) is 30.6 Å². The maximum absolute atomic E-state index is 12.9. The van der Waals surface area contributed by atoms with Crippen molar-refractivity contribution in [2.45, 2.75) is 12.6 Å². The highest BCUT2D eigenvalue weighted by Gasteiger charge is 2.48. The fourth-order valence-corrected chi connectivity index (χ4v) is 4.12. The first kappa shape index (κ1) is 19.2. The molecule has 154 valence electrons. The van der Waals surface area contributed by atoms with Gasteiger partial charge in [-0.05, 0) is 18.6 Å². The average Bonchev–Trinajstić information content (AvgIpc) is 3.09. The lowest BCUT2D eigenvalue weighted by atomic mass is 9.79. The molecule has 0 bridgehead atoms. The van der Waals surface area contributed by atoms with E-state index in [0.29, 0.717) is 37.8 Å². The molecule has 2 aromatic heterocycles. The molecule has 2 aromatic rings. The molecule has 11 heteroatoms. The number of aromatic nitrogens is 3. The third-order valence-corrected chi connectivity index (χ3v) is 5.65. The number of halogens is 3. The van der Waals surface area contributed by atoms with Gasteiger partial charge in [-0.2, -0.15) is 18.2 Å². The zero-order valence-electron chi connectivity index (χ0n) is 15.7. The second-order valence-corrected chi connectivity index (χ2v) is 7.64. The molecule has 2 fully saturated rings. The molecule has 0 amide bonds. The third kappa shape index (κ3) is 3.19. The van der Waals surface area contributed by atoms with Crippen LogP contribution in [0.3, 0.4) is 0 Å². The molecule has 0 saturated carbocycles. The molecule has 2 aliphatic rings. The van der Waals surface area contributed by atoms with E-state index in [-0.39, 0.29) is 22.4 Å². The van der Waals surface area contributed by atoms with Gasteiger partial charge in [0.1, 0.15) is 11.5 Å². The minimum absolute atomic E-state index is 0.0192. The number of rotatable bonds is 3. The summed E-state index contributed by atoms with van der Waals surface area (Å²) in [6.07, 6.45) is -1.56. The van der Waals surface area contributed by atoms with Crippen LogP contribution in [0.15, 0.2) is 23.1 Å². The fourth-order valence-electron chi connectivity index (χ4n) is 4.12. The smallest absolute Gasteiger partial charge is 0.383 e. The van der Waals surface area contributed by atoms with E-state index in [0.717, 1.165) is 18.7 Å². The van der Waals surface area contributed by atoms with E-state index < -0.39 is 11.9 Å².